The molecule has 0 bridgehead atoms. The van der Waals surface area contributed by atoms with E-state index in [0.29, 0.717) is 11.4 Å². The molecule has 1 atom stereocenters. The smallest absolute Gasteiger partial charge is 0.233 e. The summed E-state index contributed by atoms with van der Waals surface area (Å²) in [4.78, 5) is 17.9. The number of amides is 1. The van der Waals surface area contributed by atoms with E-state index in [4.69, 9.17) is 0 Å². The number of thiophene rings is 2. The second-order valence-corrected chi connectivity index (χ2v) is 8.77. The summed E-state index contributed by atoms with van der Waals surface area (Å²) in [6.07, 6.45) is 0.894. The van der Waals surface area contributed by atoms with E-state index in [0.717, 1.165) is 6.42 Å². The first-order valence-corrected chi connectivity index (χ1v) is 10.7. The summed E-state index contributed by atoms with van der Waals surface area (Å²) >= 11 is 4.71. The van der Waals surface area contributed by atoms with Crippen molar-refractivity contribution in [1.82, 2.24) is 4.90 Å². The number of carbonyl (C=O) groups is 1. The second kappa shape index (κ2) is 7.32. The molecule has 0 saturated carbocycles. The third-order valence-electron chi connectivity index (χ3n) is 4.29. The fourth-order valence-electron chi connectivity index (χ4n) is 3.12. The summed E-state index contributed by atoms with van der Waals surface area (Å²) in [5, 5.41) is 4.15. The Kier molecular flexibility index (Phi) is 4.92. The number of nitrogens with zero attached hydrogens (tertiary/aromatic N) is 1. The maximum absolute atomic E-state index is 13.8. The molecule has 128 valence electrons. The van der Waals surface area contributed by atoms with Crippen LogP contribution in [0.4, 0.5) is 4.39 Å². The van der Waals surface area contributed by atoms with Gasteiger partial charge in [0.15, 0.2) is 0 Å². The topological polar surface area (TPSA) is 20.3 Å². The minimum absolute atomic E-state index is 0.0104. The maximum Gasteiger partial charge on any atom is 0.233 e. The van der Waals surface area contributed by atoms with Crippen molar-refractivity contribution in [3.63, 3.8) is 0 Å². The Morgan fingerprint density at radius 2 is 2.04 bits per heavy atom. The van der Waals surface area contributed by atoms with E-state index in [-0.39, 0.29) is 23.5 Å². The predicted octanol–water partition coefficient (Wildman–Crippen LogP) is 5.22. The van der Waals surface area contributed by atoms with Crippen molar-refractivity contribution in [2.75, 3.05) is 12.3 Å². The molecule has 0 spiro atoms. The Morgan fingerprint density at radius 1 is 1.16 bits per heavy atom. The number of carbonyl (C=O) groups excluding carboxylic acids is 1. The van der Waals surface area contributed by atoms with Crippen LogP contribution in [0, 0.1) is 5.82 Å². The van der Waals surface area contributed by atoms with E-state index < -0.39 is 0 Å². The van der Waals surface area contributed by atoms with Gasteiger partial charge in [-0.25, -0.2) is 4.39 Å². The van der Waals surface area contributed by atoms with Crippen molar-refractivity contribution in [3.8, 4) is 0 Å². The van der Waals surface area contributed by atoms with Gasteiger partial charge >= 0.3 is 0 Å². The van der Waals surface area contributed by atoms with E-state index in [1.165, 1.54) is 33.1 Å². The lowest BCUT2D eigenvalue weighted by Crippen LogP contribution is -2.40. The average molecular weight is 390 g/mol. The fraction of sp³-hybridized carbons (Fsp3) is 0.211. The van der Waals surface area contributed by atoms with Gasteiger partial charge in [-0.1, -0.05) is 18.2 Å². The van der Waals surface area contributed by atoms with Gasteiger partial charge in [-0.05, 0) is 47.0 Å². The minimum Gasteiger partial charge on any atom is -0.330 e. The molecule has 0 fully saturated rings. The van der Waals surface area contributed by atoms with Crippen molar-refractivity contribution in [1.29, 1.82) is 0 Å². The van der Waals surface area contributed by atoms with Crippen LogP contribution < -0.4 is 0 Å². The molecule has 0 aliphatic carbocycles. The summed E-state index contributed by atoms with van der Waals surface area (Å²) < 4.78 is 13.8. The lowest BCUT2D eigenvalue weighted by molar-refractivity contribution is -0.130. The minimum atomic E-state index is -0.270. The van der Waals surface area contributed by atoms with Crippen LogP contribution in [0.1, 0.15) is 21.4 Å². The van der Waals surface area contributed by atoms with E-state index in [1.54, 1.807) is 40.9 Å². The average Bonchev–Trinajstić information content (AvgIpc) is 3.31. The van der Waals surface area contributed by atoms with Crippen molar-refractivity contribution in [3.05, 3.63) is 74.4 Å². The van der Waals surface area contributed by atoms with Crippen molar-refractivity contribution in [2.45, 2.75) is 17.4 Å². The highest BCUT2D eigenvalue weighted by Gasteiger charge is 2.33. The summed E-state index contributed by atoms with van der Waals surface area (Å²) in [6.45, 7) is 0.715. The highest BCUT2D eigenvalue weighted by atomic mass is 32.2. The molecule has 6 heteroatoms. The molecule has 0 saturated heterocycles. The molecule has 0 N–H and O–H groups in total. The Bertz CT molecular complexity index is 874. The number of hydrogen-bond acceptors (Lipinski definition) is 4. The van der Waals surface area contributed by atoms with Gasteiger partial charge in [0, 0.05) is 21.2 Å². The zero-order valence-electron chi connectivity index (χ0n) is 13.4. The maximum atomic E-state index is 13.8. The summed E-state index contributed by atoms with van der Waals surface area (Å²) in [5.74, 6) is 0.0415. The van der Waals surface area contributed by atoms with Crippen LogP contribution in [-0.2, 0) is 11.2 Å². The molecule has 4 rings (SSSR count). The molecule has 2 aromatic heterocycles. The zero-order valence-corrected chi connectivity index (χ0v) is 15.8. The van der Waals surface area contributed by atoms with Gasteiger partial charge in [-0.2, -0.15) is 0 Å². The van der Waals surface area contributed by atoms with Crippen LogP contribution >= 0.6 is 34.4 Å². The molecule has 0 unspecified atom stereocenters. The Hall–Kier alpha value is -1.63. The second-order valence-electron chi connectivity index (χ2n) is 5.77. The molecule has 1 aromatic carbocycles. The summed E-state index contributed by atoms with van der Waals surface area (Å²) in [7, 11) is 0. The number of thioether (sulfide) groups is 1. The van der Waals surface area contributed by atoms with Gasteiger partial charge in [0.1, 0.15) is 5.82 Å². The van der Waals surface area contributed by atoms with Crippen LogP contribution in [-0.4, -0.2) is 23.1 Å². The Morgan fingerprint density at radius 3 is 2.84 bits per heavy atom. The quantitative estimate of drug-likeness (QED) is 0.571. The molecule has 3 aromatic rings. The largest absolute Gasteiger partial charge is 0.330 e. The summed E-state index contributed by atoms with van der Waals surface area (Å²) in [5.41, 5.74) is 1.24. The number of benzene rings is 1. The van der Waals surface area contributed by atoms with Crippen LogP contribution in [0.25, 0.3) is 0 Å². The van der Waals surface area contributed by atoms with Crippen LogP contribution in [0.3, 0.4) is 0 Å². The van der Waals surface area contributed by atoms with Gasteiger partial charge in [0.2, 0.25) is 5.91 Å². The monoisotopic (exact) mass is 389 g/mol. The highest BCUT2D eigenvalue weighted by Crippen LogP contribution is 2.39. The molecule has 0 radical (unpaired) electrons. The van der Waals surface area contributed by atoms with Crippen molar-refractivity contribution >= 4 is 40.3 Å². The first-order valence-electron chi connectivity index (χ1n) is 8.00. The molecule has 2 nitrogen and oxygen atoms in total. The van der Waals surface area contributed by atoms with Gasteiger partial charge < -0.3 is 4.90 Å². The fourth-order valence-corrected chi connectivity index (χ4v) is 5.71. The van der Waals surface area contributed by atoms with Gasteiger partial charge in [0.05, 0.1) is 11.8 Å². The predicted molar refractivity (Wildman–Crippen MR) is 103 cm³/mol. The van der Waals surface area contributed by atoms with Crippen molar-refractivity contribution in [2.24, 2.45) is 0 Å². The first-order chi connectivity index (χ1) is 12.2. The molecule has 1 aliphatic heterocycles. The standard InChI is InChI=1S/C19H16FNOS3/c20-14-4-1-2-5-16(14)25-12-18(22)21-9-7-15-13(8-11-24-15)19(21)17-6-3-10-23-17/h1-6,8,10-11,19H,7,9,12H2/t19-/m1/s1. The van der Waals surface area contributed by atoms with Crippen LogP contribution in [0.5, 0.6) is 0 Å². The molecular formula is C19H16FNOS3. The molecule has 3 heterocycles. The van der Waals surface area contributed by atoms with E-state index in [2.05, 4.69) is 17.5 Å². The van der Waals surface area contributed by atoms with E-state index in [1.807, 2.05) is 16.3 Å². The lowest BCUT2D eigenvalue weighted by Gasteiger charge is -2.35. The third kappa shape index (κ3) is 3.38. The SMILES string of the molecule is O=C(CSc1ccccc1F)N1CCc2sccc2[C@@H]1c1cccs1. The molecular weight excluding hydrogens is 373 g/mol. The zero-order chi connectivity index (χ0) is 17.2. The first kappa shape index (κ1) is 16.8. The normalized spacial score (nSPS) is 16.7. The number of halogens is 1. The third-order valence-corrected chi connectivity index (χ3v) is 7.24. The van der Waals surface area contributed by atoms with Crippen LogP contribution in [0.2, 0.25) is 0 Å². The van der Waals surface area contributed by atoms with Gasteiger partial charge in [-0.15, -0.1) is 34.4 Å². The molecule has 25 heavy (non-hydrogen) atoms. The molecule has 1 amide bonds. The Labute approximate surface area is 158 Å². The van der Waals surface area contributed by atoms with Crippen molar-refractivity contribution < 1.29 is 9.18 Å². The Balaban J connectivity index is 1.56. The van der Waals surface area contributed by atoms with Crippen LogP contribution in [0.15, 0.2) is 58.1 Å². The summed E-state index contributed by atoms with van der Waals surface area (Å²) in [6, 6.07) is 12.8. The van der Waals surface area contributed by atoms with E-state index in [9.17, 15) is 9.18 Å². The van der Waals surface area contributed by atoms with Gasteiger partial charge in [-0.3, -0.25) is 4.79 Å². The van der Waals surface area contributed by atoms with E-state index >= 15 is 0 Å². The highest BCUT2D eigenvalue weighted by molar-refractivity contribution is 8.00. The lowest BCUT2D eigenvalue weighted by atomic mass is 9.98. The number of rotatable bonds is 4. The number of hydrogen-bond donors (Lipinski definition) is 0. The molecule has 1 aliphatic rings. The van der Waals surface area contributed by atoms with Gasteiger partial charge in [0.25, 0.3) is 0 Å². The number of fused-ring (bicyclic) bond motifs is 1.